The lowest BCUT2D eigenvalue weighted by Gasteiger charge is -2.06. The highest BCUT2D eigenvalue weighted by molar-refractivity contribution is 9.10. The van der Waals surface area contributed by atoms with Crippen LogP contribution in [0.15, 0.2) is 22.8 Å². The fourth-order valence-corrected chi connectivity index (χ4v) is 3.22. The maximum atomic E-state index is 5.95. The number of hydrogen-bond acceptors (Lipinski definition) is 5. The van der Waals surface area contributed by atoms with Gasteiger partial charge in [0, 0.05) is 27.7 Å². The molecule has 2 aromatic heterocycles. The minimum atomic E-state index is 0.576. The number of nitrogens with two attached hydrogens (primary N) is 1. The van der Waals surface area contributed by atoms with Gasteiger partial charge >= 0.3 is 0 Å². The molecule has 3 rings (SSSR count). The number of fused-ring (bicyclic) bond motifs is 1. The predicted octanol–water partition coefficient (Wildman–Crippen LogP) is 2.63. The second-order valence-electron chi connectivity index (χ2n) is 3.68. The molecule has 0 saturated carbocycles. The van der Waals surface area contributed by atoms with Gasteiger partial charge in [-0.15, -0.1) is 0 Å². The molecule has 0 radical (unpaired) electrons. The summed E-state index contributed by atoms with van der Waals surface area (Å²) >= 11 is 5.26. The molecule has 0 spiro atoms. The highest BCUT2D eigenvalue weighted by atomic mass is 79.9. The number of anilines is 1. The summed E-state index contributed by atoms with van der Waals surface area (Å²) in [6, 6.07) is 3.78. The van der Waals surface area contributed by atoms with Crippen molar-refractivity contribution >= 4 is 33.5 Å². The zero-order chi connectivity index (χ0) is 11.8. The molecule has 3 heterocycles. The van der Waals surface area contributed by atoms with Crippen LogP contribution >= 0.6 is 27.7 Å². The molecule has 2 aromatic rings. The molecule has 0 aromatic carbocycles. The number of hydrogen-bond donors (Lipinski definition) is 1. The number of thioether (sulfide) groups is 1. The van der Waals surface area contributed by atoms with Crippen molar-refractivity contribution in [2.45, 2.75) is 11.5 Å². The quantitative estimate of drug-likeness (QED) is 0.877. The second kappa shape index (κ2) is 4.27. The van der Waals surface area contributed by atoms with Gasteiger partial charge in [0.25, 0.3) is 0 Å². The van der Waals surface area contributed by atoms with Gasteiger partial charge in [-0.05, 0) is 28.1 Å². The molecule has 0 aliphatic carbocycles. The van der Waals surface area contributed by atoms with Crippen molar-refractivity contribution in [1.82, 2.24) is 15.0 Å². The first kappa shape index (κ1) is 11.0. The van der Waals surface area contributed by atoms with Gasteiger partial charge in [-0.25, -0.2) is 9.97 Å². The van der Waals surface area contributed by atoms with Gasteiger partial charge < -0.3 is 5.73 Å². The highest BCUT2D eigenvalue weighted by Crippen LogP contribution is 2.33. The molecule has 1 aliphatic heterocycles. The van der Waals surface area contributed by atoms with Gasteiger partial charge in [-0.1, -0.05) is 0 Å². The average Bonchev–Trinajstić information content (AvgIpc) is 2.78. The summed E-state index contributed by atoms with van der Waals surface area (Å²) in [6.45, 7) is 0. The Balaban J connectivity index is 2.17. The SMILES string of the molecule is Nc1nc(-c2ncccc2Br)nc2c1CSC2. The standard InChI is InChI=1S/C11H9BrN4S/c12-7-2-1-3-14-9(7)11-15-8-5-17-4-6(8)10(13)16-11/h1-3H,4-5H2,(H2,13,15,16). The van der Waals surface area contributed by atoms with E-state index < -0.39 is 0 Å². The first-order chi connectivity index (χ1) is 8.25. The van der Waals surface area contributed by atoms with Crippen LogP contribution in [0.2, 0.25) is 0 Å². The molecule has 6 heteroatoms. The van der Waals surface area contributed by atoms with Gasteiger partial charge in [0.05, 0.1) is 5.69 Å². The number of halogens is 1. The van der Waals surface area contributed by atoms with Crippen LogP contribution in [0.5, 0.6) is 0 Å². The maximum absolute atomic E-state index is 5.95. The van der Waals surface area contributed by atoms with Crippen LogP contribution in [0.1, 0.15) is 11.3 Å². The van der Waals surface area contributed by atoms with Crippen molar-refractivity contribution in [3.8, 4) is 11.5 Å². The zero-order valence-corrected chi connectivity index (χ0v) is 11.3. The third-order valence-electron chi connectivity index (χ3n) is 2.58. The fraction of sp³-hybridized carbons (Fsp3) is 0.182. The fourth-order valence-electron chi connectivity index (χ4n) is 1.73. The first-order valence-corrected chi connectivity index (χ1v) is 7.04. The summed E-state index contributed by atoms with van der Waals surface area (Å²) < 4.78 is 0.880. The monoisotopic (exact) mass is 308 g/mol. The van der Waals surface area contributed by atoms with E-state index in [9.17, 15) is 0 Å². The van der Waals surface area contributed by atoms with E-state index >= 15 is 0 Å². The number of nitrogens with zero attached hydrogens (tertiary/aromatic N) is 3. The normalized spacial score (nSPS) is 13.7. The molecule has 0 saturated heterocycles. The molecule has 4 nitrogen and oxygen atoms in total. The Kier molecular flexibility index (Phi) is 2.76. The number of aromatic nitrogens is 3. The topological polar surface area (TPSA) is 64.7 Å². The van der Waals surface area contributed by atoms with Gasteiger partial charge in [-0.3, -0.25) is 4.98 Å². The Bertz CT molecular complexity index is 588. The van der Waals surface area contributed by atoms with Gasteiger partial charge in [0.1, 0.15) is 11.5 Å². The van der Waals surface area contributed by atoms with Crippen LogP contribution in [0, 0.1) is 0 Å². The summed E-state index contributed by atoms with van der Waals surface area (Å²) in [5, 5.41) is 0. The van der Waals surface area contributed by atoms with E-state index in [1.54, 1.807) is 6.20 Å². The molecule has 0 unspecified atom stereocenters. The first-order valence-electron chi connectivity index (χ1n) is 5.09. The van der Waals surface area contributed by atoms with Crippen LogP contribution in [0.25, 0.3) is 11.5 Å². The minimum absolute atomic E-state index is 0.576. The summed E-state index contributed by atoms with van der Waals surface area (Å²) in [5.41, 5.74) is 8.80. The van der Waals surface area contributed by atoms with Gasteiger partial charge in [0.2, 0.25) is 0 Å². The minimum Gasteiger partial charge on any atom is -0.383 e. The molecule has 17 heavy (non-hydrogen) atoms. The van der Waals surface area contributed by atoms with Gasteiger partial charge in [-0.2, -0.15) is 11.8 Å². The van der Waals surface area contributed by atoms with E-state index in [1.165, 1.54) is 0 Å². The van der Waals surface area contributed by atoms with Crippen molar-refractivity contribution in [1.29, 1.82) is 0 Å². The highest BCUT2D eigenvalue weighted by Gasteiger charge is 2.19. The number of pyridine rings is 1. The number of rotatable bonds is 1. The predicted molar refractivity (Wildman–Crippen MR) is 72.4 cm³/mol. The van der Waals surface area contributed by atoms with Gasteiger partial charge in [0.15, 0.2) is 5.82 Å². The van der Waals surface area contributed by atoms with Crippen LogP contribution in [-0.2, 0) is 11.5 Å². The molecule has 0 amide bonds. The van der Waals surface area contributed by atoms with E-state index in [1.807, 2.05) is 23.9 Å². The molecule has 0 atom stereocenters. The molecule has 2 N–H and O–H groups in total. The Labute approximate surface area is 111 Å². The van der Waals surface area contributed by atoms with E-state index in [-0.39, 0.29) is 0 Å². The van der Waals surface area contributed by atoms with E-state index in [4.69, 9.17) is 5.73 Å². The Morgan fingerprint density at radius 3 is 3.00 bits per heavy atom. The summed E-state index contributed by atoms with van der Waals surface area (Å²) in [4.78, 5) is 13.2. The van der Waals surface area contributed by atoms with Crippen molar-refractivity contribution in [2.75, 3.05) is 5.73 Å². The molecule has 0 bridgehead atoms. The average molecular weight is 309 g/mol. The molecule has 86 valence electrons. The third-order valence-corrected chi connectivity index (χ3v) is 4.19. The van der Waals surface area contributed by atoms with E-state index in [0.29, 0.717) is 11.6 Å². The van der Waals surface area contributed by atoms with Crippen molar-refractivity contribution < 1.29 is 0 Å². The van der Waals surface area contributed by atoms with Crippen LogP contribution in [0.3, 0.4) is 0 Å². The Hall–Kier alpha value is -1.14. The van der Waals surface area contributed by atoms with Crippen molar-refractivity contribution in [3.05, 3.63) is 34.1 Å². The Morgan fingerprint density at radius 1 is 1.29 bits per heavy atom. The van der Waals surface area contributed by atoms with Crippen LogP contribution in [-0.4, -0.2) is 15.0 Å². The van der Waals surface area contributed by atoms with Crippen molar-refractivity contribution in [2.24, 2.45) is 0 Å². The zero-order valence-electron chi connectivity index (χ0n) is 8.85. The maximum Gasteiger partial charge on any atom is 0.181 e. The lowest BCUT2D eigenvalue weighted by Crippen LogP contribution is -2.03. The third kappa shape index (κ3) is 1.91. The summed E-state index contributed by atoms with van der Waals surface area (Å²) in [5.74, 6) is 2.98. The largest absolute Gasteiger partial charge is 0.383 e. The molecular formula is C11H9BrN4S. The van der Waals surface area contributed by atoms with Crippen LogP contribution < -0.4 is 5.73 Å². The lowest BCUT2D eigenvalue weighted by molar-refractivity contribution is 1.06. The smallest absolute Gasteiger partial charge is 0.181 e. The van der Waals surface area contributed by atoms with Crippen LogP contribution in [0.4, 0.5) is 5.82 Å². The molecule has 1 aliphatic rings. The molecular weight excluding hydrogens is 300 g/mol. The molecule has 0 fully saturated rings. The second-order valence-corrected chi connectivity index (χ2v) is 5.52. The lowest BCUT2D eigenvalue weighted by atomic mass is 10.2. The summed E-state index contributed by atoms with van der Waals surface area (Å²) in [7, 11) is 0. The number of nitrogen functional groups attached to an aromatic ring is 1. The summed E-state index contributed by atoms with van der Waals surface area (Å²) in [6.07, 6.45) is 1.72. The van der Waals surface area contributed by atoms with E-state index in [0.717, 1.165) is 32.9 Å². The Morgan fingerprint density at radius 2 is 2.18 bits per heavy atom. The van der Waals surface area contributed by atoms with Crippen molar-refractivity contribution in [3.63, 3.8) is 0 Å². The van der Waals surface area contributed by atoms with E-state index in [2.05, 4.69) is 30.9 Å².